The van der Waals surface area contributed by atoms with Crippen molar-refractivity contribution in [2.45, 2.75) is 69.4 Å². The summed E-state index contributed by atoms with van der Waals surface area (Å²) < 4.78 is 0. The Kier molecular flexibility index (Phi) is 6.90. The molecule has 156 valence electrons. The van der Waals surface area contributed by atoms with Gasteiger partial charge in [-0.25, -0.2) is 4.98 Å². The van der Waals surface area contributed by atoms with E-state index in [4.69, 9.17) is 4.98 Å². The van der Waals surface area contributed by atoms with Gasteiger partial charge >= 0.3 is 0 Å². The molecule has 4 rings (SSSR count). The van der Waals surface area contributed by atoms with Crippen molar-refractivity contribution in [3.63, 3.8) is 0 Å². The molecule has 1 aliphatic carbocycles. The van der Waals surface area contributed by atoms with E-state index >= 15 is 0 Å². The van der Waals surface area contributed by atoms with Gasteiger partial charge in [-0.3, -0.25) is 9.79 Å². The molecule has 0 unspecified atom stereocenters. The number of rotatable bonds is 7. The molecule has 3 heterocycles. The SMILES string of the molecule is CCCSc1nc(N2CCC[C@H](C3=NC=C3)C2)ccc1C(=O)NC1CCCCC1. The Morgan fingerprint density at radius 3 is 2.76 bits per heavy atom. The van der Waals surface area contributed by atoms with Crippen LogP contribution in [0.5, 0.6) is 0 Å². The summed E-state index contributed by atoms with van der Waals surface area (Å²) in [5.74, 6) is 2.51. The predicted octanol–water partition coefficient (Wildman–Crippen LogP) is 4.83. The van der Waals surface area contributed by atoms with Gasteiger partial charge < -0.3 is 10.2 Å². The van der Waals surface area contributed by atoms with Crippen molar-refractivity contribution in [2.24, 2.45) is 10.9 Å². The number of piperidine rings is 1. The Bertz CT molecular complexity index is 785. The third kappa shape index (κ3) is 5.03. The molecule has 29 heavy (non-hydrogen) atoms. The van der Waals surface area contributed by atoms with Gasteiger partial charge in [-0.05, 0) is 56.1 Å². The number of hydrogen-bond donors (Lipinski definition) is 1. The second kappa shape index (κ2) is 9.79. The highest BCUT2D eigenvalue weighted by atomic mass is 32.2. The van der Waals surface area contributed by atoms with E-state index < -0.39 is 0 Å². The number of aromatic nitrogens is 1. The van der Waals surface area contributed by atoms with E-state index in [2.05, 4.69) is 28.2 Å². The maximum Gasteiger partial charge on any atom is 0.254 e. The summed E-state index contributed by atoms with van der Waals surface area (Å²) in [5, 5.41) is 4.13. The highest BCUT2D eigenvalue weighted by molar-refractivity contribution is 7.99. The van der Waals surface area contributed by atoms with Crippen LogP contribution in [0.25, 0.3) is 0 Å². The van der Waals surface area contributed by atoms with Crippen molar-refractivity contribution >= 4 is 29.2 Å². The molecule has 0 radical (unpaired) electrons. The quantitative estimate of drug-likeness (QED) is 0.652. The number of allylic oxidation sites excluding steroid dienone is 1. The summed E-state index contributed by atoms with van der Waals surface area (Å²) in [7, 11) is 0. The Hall–Kier alpha value is -1.82. The number of carbonyl (C=O) groups is 1. The van der Waals surface area contributed by atoms with E-state index in [0.29, 0.717) is 12.0 Å². The number of nitrogens with zero attached hydrogens (tertiary/aromatic N) is 3. The first-order valence-corrected chi connectivity index (χ1v) is 12.2. The van der Waals surface area contributed by atoms with Crippen LogP contribution in [0.3, 0.4) is 0 Å². The topological polar surface area (TPSA) is 57.6 Å². The number of carbonyl (C=O) groups excluding carboxylic acids is 1. The second-order valence-electron chi connectivity index (χ2n) is 8.33. The molecule has 0 bridgehead atoms. The molecule has 1 atom stereocenters. The van der Waals surface area contributed by atoms with E-state index in [1.807, 2.05) is 18.3 Å². The van der Waals surface area contributed by atoms with Gasteiger partial charge in [-0.1, -0.05) is 26.2 Å². The Labute approximate surface area is 178 Å². The number of thioether (sulfide) groups is 1. The molecule has 1 N–H and O–H groups in total. The molecule has 1 saturated carbocycles. The number of pyridine rings is 1. The van der Waals surface area contributed by atoms with Gasteiger partial charge in [0, 0.05) is 37.0 Å². The lowest BCUT2D eigenvalue weighted by Crippen LogP contribution is -2.39. The first-order chi connectivity index (χ1) is 14.2. The minimum Gasteiger partial charge on any atom is -0.356 e. The van der Waals surface area contributed by atoms with Crippen LogP contribution in [0.2, 0.25) is 0 Å². The average molecular weight is 413 g/mol. The number of aliphatic imine (C=N–C) groups is 1. The van der Waals surface area contributed by atoms with Crippen LogP contribution in [-0.4, -0.2) is 41.5 Å². The minimum absolute atomic E-state index is 0.0417. The lowest BCUT2D eigenvalue weighted by molar-refractivity contribution is 0.0924. The van der Waals surface area contributed by atoms with Crippen LogP contribution in [0.4, 0.5) is 5.82 Å². The highest BCUT2D eigenvalue weighted by Gasteiger charge is 2.26. The number of hydrogen-bond acceptors (Lipinski definition) is 5. The summed E-state index contributed by atoms with van der Waals surface area (Å²) in [5.41, 5.74) is 1.95. The number of anilines is 1. The van der Waals surface area contributed by atoms with Gasteiger partial charge in [0.15, 0.2) is 0 Å². The fourth-order valence-corrected chi connectivity index (χ4v) is 5.30. The van der Waals surface area contributed by atoms with E-state index in [1.165, 1.54) is 31.4 Å². The van der Waals surface area contributed by atoms with Gasteiger partial charge in [0.25, 0.3) is 5.91 Å². The summed E-state index contributed by atoms with van der Waals surface area (Å²) in [6.07, 6.45) is 13.3. The van der Waals surface area contributed by atoms with Crippen molar-refractivity contribution in [3.8, 4) is 0 Å². The van der Waals surface area contributed by atoms with E-state index in [0.717, 1.165) is 60.9 Å². The fourth-order valence-electron chi connectivity index (χ4n) is 4.43. The Morgan fingerprint density at radius 2 is 2.03 bits per heavy atom. The molecule has 1 amide bonds. The van der Waals surface area contributed by atoms with Crippen molar-refractivity contribution in [1.82, 2.24) is 10.3 Å². The standard InChI is InChI=1S/C23H32N4OS/c1-2-15-29-23-19(22(28)25-18-8-4-3-5-9-18)10-11-21(26-23)27-14-6-7-17(16-27)20-12-13-24-20/h10-13,17-18H,2-9,14-16H2,1H3,(H,25,28)/t17-/m0/s1. The van der Waals surface area contributed by atoms with Gasteiger partial charge in [0.1, 0.15) is 10.8 Å². The molecule has 6 heteroatoms. The van der Waals surface area contributed by atoms with Gasteiger partial charge in [0.05, 0.1) is 5.56 Å². The highest BCUT2D eigenvalue weighted by Crippen LogP contribution is 2.29. The zero-order valence-corrected chi connectivity index (χ0v) is 18.2. The van der Waals surface area contributed by atoms with Crippen LogP contribution < -0.4 is 10.2 Å². The molecule has 3 aliphatic rings. The second-order valence-corrected chi connectivity index (χ2v) is 9.42. The first-order valence-electron chi connectivity index (χ1n) is 11.2. The summed E-state index contributed by atoms with van der Waals surface area (Å²) in [4.78, 5) is 24.7. The van der Waals surface area contributed by atoms with Crippen LogP contribution in [0, 0.1) is 5.92 Å². The van der Waals surface area contributed by atoms with Gasteiger partial charge in [-0.15, -0.1) is 11.8 Å². The smallest absolute Gasteiger partial charge is 0.254 e. The molecule has 0 aromatic carbocycles. The molecule has 1 saturated heterocycles. The zero-order valence-electron chi connectivity index (χ0n) is 17.4. The molecular formula is C23H32N4OS. The monoisotopic (exact) mass is 412 g/mol. The van der Waals surface area contributed by atoms with Crippen LogP contribution >= 0.6 is 11.8 Å². The Morgan fingerprint density at radius 1 is 1.21 bits per heavy atom. The maximum atomic E-state index is 13.0. The maximum absolute atomic E-state index is 13.0. The molecule has 5 nitrogen and oxygen atoms in total. The zero-order chi connectivity index (χ0) is 20.1. The summed E-state index contributed by atoms with van der Waals surface area (Å²) in [6.45, 7) is 4.15. The molecular weight excluding hydrogens is 380 g/mol. The molecule has 1 aromatic rings. The van der Waals surface area contributed by atoms with E-state index in [9.17, 15) is 4.79 Å². The van der Waals surface area contributed by atoms with Crippen LogP contribution in [-0.2, 0) is 0 Å². The van der Waals surface area contributed by atoms with Crippen LogP contribution in [0.15, 0.2) is 34.4 Å². The predicted molar refractivity (Wildman–Crippen MR) is 121 cm³/mol. The van der Waals surface area contributed by atoms with Crippen molar-refractivity contribution in [2.75, 3.05) is 23.7 Å². The summed E-state index contributed by atoms with van der Waals surface area (Å²) in [6, 6.07) is 4.34. The Balaban J connectivity index is 1.49. The normalized spacial score (nSPS) is 22.2. The fraction of sp³-hybridized carbons (Fsp3) is 0.609. The van der Waals surface area contributed by atoms with Crippen molar-refractivity contribution in [3.05, 3.63) is 30.0 Å². The van der Waals surface area contributed by atoms with Gasteiger partial charge in [0.2, 0.25) is 0 Å². The van der Waals surface area contributed by atoms with E-state index in [-0.39, 0.29) is 5.91 Å². The third-order valence-corrected chi connectivity index (χ3v) is 7.30. The minimum atomic E-state index is 0.0417. The van der Waals surface area contributed by atoms with Gasteiger partial charge in [-0.2, -0.15) is 0 Å². The van der Waals surface area contributed by atoms with E-state index in [1.54, 1.807) is 11.8 Å². The van der Waals surface area contributed by atoms with Crippen LogP contribution in [0.1, 0.15) is 68.6 Å². The van der Waals surface area contributed by atoms with Crippen molar-refractivity contribution < 1.29 is 4.79 Å². The first kappa shape index (κ1) is 20.5. The third-order valence-electron chi connectivity index (χ3n) is 6.11. The lowest BCUT2D eigenvalue weighted by atomic mass is 9.91. The molecule has 1 aromatic heterocycles. The average Bonchev–Trinajstić information content (AvgIpc) is 2.72. The molecule has 2 aliphatic heterocycles. The number of nitrogens with one attached hydrogen (secondary N) is 1. The number of amides is 1. The largest absolute Gasteiger partial charge is 0.356 e. The lowest BCUT2D eigenvalue weighted by Gasteiger charge is -2.34. The molecule has 0 spiro atoms. The van der Waals surface area contributed by atoms with Crippen molar-refractivity contribution in [1.29, 1.82) is 0 Å². The summed E-state index contributed by atoms with van der Waals surface area (Å²) >= 11 is 1.70. The molecule has 2 fully saturated rings.